The number of halogens is 1. The first kappa shape index (κ1) is 9.22. The normalized spacial score (nSPS) is 9.23. The molecule has 0 saturated carbocycles. The molecule has 0 unspecified atom stereocenters. The summed E-state index contributed by atoms with van der Waals surface area (Å²) in [6, 6.07) is 1.64. The van der Waals surface area contributed by atoms with Crippen molar-refractivity contribution in [1.82, 2.24) is 0 Å². The second-order valence-electron chi connectivity index (χ2n) is 2.13. The van der Waals surface area contributed by atoms with Crippen LogP contribution in [-0.4, -0.2) is 4.92 Å². The Morgan fingerprint density at radius 1 is 1.54 bits per heavy atom. The van der Waals surface area contributed by atoms with E-state index in [0.29, 0.717) is 6.07 Å². The summed E-state index contributed by atoms with van der Waals surface area (Å²) in [6.45, 7) is 0. The summed E-state index contributed by atoms with van der Waals surface area (Å²) in [5, 5.41) is 29.2. The molecule has 0 saturated heterocycles. The zero-order chi connectivity index (χ0) is 10.0. The molecule has 0 aromatic heterocycles. The highest BCUT2D eigenvalue weighted by Crippen LogP contribution is 2.34. The van der Waals surface area contributed by atoms with E-state index in [1.807, 2.05) is 0 Å². The average molecular weight is 200 g/mol. The fourth-order valence-electron chi connectivity index (χ4n) is 0.750. The van der Waals surface area contributed by atoms with Crippen LogP contribution in [0.1, 0.15) is 0 Å². The zero-order valence-corrected chi connectivity index (χ0v) is 6.85. The van der Waals surface area contributed by atoms with Gasteiger partial charge in [-0.05, 0) is 5.75 Å². The van der Waals surface area contributed by atoms with Gasteiger partial charge in [-0.15, -0.1) is 0 Å². The van der Waals surface area contributed by atoms with E-state index in [1.165, 1.54) is 0 Å². The highest BCUT2D eigenvalue weighted by Gasteiger charge is 2.18. The predicted octanol–water partition coefficient (Wildman–Crippen LogP) is 1.81. The van der Waals surface area contributed by atoms with Crippen LogP contribution < -0.4 is 5.11 Å². The summed E-state index contributed by atoms with van der Waals surface area (Å²) in [4.78, 5) is 12.1. The molecule has 0 spiro atoms. The van der Waals surface area contributed by atoms with E-state index in [2.05, 4.69) is 4.98 Å². The number of hydrogen-bond acceptors (Lipinski definition) is 4. The highest BCUT2D eigenvalue weighted by atomic mass is 35.5. The number of rotatable bonds is 1. The van der Waals surface area contributed by atoms with Crippen LogP contribution >= 0.6 is 11.6 Å². The van der Waals surface area contributed by atoms with E-state index < -0.39 is 16.4 Å². The van der Waals surface area contributed by atoms with Crippen molar-refractivity contribution < 1.29 is 10.0 Å². The van der Waals surface area contributed by atoms with Crippen LogP contribution in [0.5, 0.6) is 5.75 Å². The van der Waals surface area contributed by atoms with E-state index >= 15 is 0 Å². The Morgan fingerprint density at radius 2 is 2.15 bits per heavy atom. The van der Waals surface area contributed by atoms with Gasteiger partial charge in [-0.2, -0.15) is 0 Å². The maximum absolute atomic E-state index is 10.9. The first-order valence-corrected chi connectivity index (χ1v) is 3.44. The topological polar surface area (TPSA) is 94.3 Å². The minimum atomic E-state index is -0.787. The summed E-state index contributed by atoms with van der Waals surface area (Å²) >= 11 is 5.42. The lowest BCUT2D eigenvalue weighted by Crippen LogP contribution is -1.94. The zero-order valence-electron chi connectivity index (χ0n) is 6.10. The van der Waals surface area contributed by atoms with Gasteiger partial charge in [0.2, 0.25) is 5.39 Å². The van der Waals surface area contributed by atoms with E-state index in [9.17, 15) is 15.2 Å². The Labute approximate surface area is 77.1 Å². The van der Waals surface area contributed by atoms with Crippen LogP contribution in [-0.2, 0) is 0 Å². The fraction of sp³-hybridized carbons (Fsp3) is 0. The van der Waals surface area contributed by atoms with Crippen molar-refractivity contribution in [2.75, 3.05) is 0 Å². The van der Waals surface area contributed by atoms with Gasteiger partial charge in [-0.25, -0.2) is 0 Å². The smallest absolute Gasteiger partial charge is 0.379 e. The number of nitrogens with zero attached hydrogens (tertiary/aromatic N) is 3. The molecule has 7 heteroatoms. The van der Waals surface area contributed by atoms with Crippen LogP contribution in [0.3, 0.4) is 0 Å². The number of nitro benzene ring substituents is 1. The molecule has 66 valence electrons. The van der Waals surface area contributed by atoms with Gasteiger partial charge in [0.25, 0.3) is 5.69 Å². The lowest BCUT2D eigenvalue weighted by Gasteiger charge is -2.00. The Balaban J connectivity index is 3.39. The minimum Gasteiger partial charge on any atom is -0.867 e. The molecule has 0 aliphatic heterocycles. The quantitative estimate of drug-likeness (QED) is 0.391. The molecule has 0 aliphatic carbocycles. The maximum Gasteiger partial charge on any atom is 0.379 e. The van der Waals surface area contributed by atoms with E-state index in [4.69, 9.17) is 17.0 Å². The van der Waals surface area contributed by atoms with Crippen LogP contribution in [0, 0.1) is 15.5 Å². The summed E-state index contributed by atoms with van der Waals surface area (Å²) in [7, 11) is 0. The van der Waals surface area contributed by atoms with E-state index in [1.54, 1.807) is 0 Å². The van der Waals surface area contributed by atoms with Crippen LogP contribution in [0.2, 0.25) is 5.02 Å². The van der Waals surface area contributed by atoms with Gasteiger partial charge in [0.15, 0.2) is 4.98 Å². The molecule has 1 aromatic rings. The molecule has 0 radical (unpaired) electrons. The first-order valence-electron chi connectivity index (χ1n) is 3.06. The summed E-state index contributed by atoms with van der Waals surface area (Å²) in [6.07, 6.45) is 0. The third kappa shape index (κ3) is 1.65. The van der Waals surface area contributed by atoms with Crippen molar-refractivity contribution in [2.24, 2.45) is 0 Å². The van der Waals surface area contributed by atoms with Crippen LogP contribution in [0.4, 0.5) is 11.4 Å². The molecule has 0 amide bonds. The van der Waals surface area contributed by atoms with Gasteiger partial charge in [0, 0.05) is 6.07 Å². The standard InChI is InChI=1S/C6H2ClN3O3/c7-3-1-4(9-8)6(11)2-5(3)10(12)13/h1-2H. The molecule has 1 rings (SSSR count). The molecule has 0 atom stereocenters. The number of diazo groups is 1. The fourth-order valence-corrected chi connectivity index (χ4v) is 0.977. The first-order chi connectivity index (χ1) is 6.06. The van der Waals surface area contributed by atoms with Crippen molar-refractivity contribution in [3.05, 3.63) is 32.2 Å². The second kappa shape index (κ2) is 3.25. The lowest BCUT2D eigenvalue weighted by atomic mass is 10.2. The molecule has 6 nitrogen and oxygen atoms in total. The van der Waals surface area contributed by atoms with Crippen LogP contribution in [0.25, 0.3) is 4.98 Å². The molecule has 0 fully saturated rings. The predicted molar refractivity (Wildman–Crippen MR) is 42.3 cm³/mol. The Hall–Kier alpha value is -1.87. The molecule has 13 heavy (non-hydrogen) atoms. The average Bonchev–Trinajstić information content (AvgIpc) is 2.07. The highest BCUT2D eigenvalue weighted by molar-refractivity contribution is 6.33. The molecule has 0 aliphatic rings. The number of hydrogen-bond donors (Lipinski definition) is 0. The Kier molecular flexibility index (Phi) is 2.30. The number of nitro groups is 1. The summed E-state index contributed by atoms with van der Waals surface area (Å²) in [5.74, 6) is -0.751. The molecular formula is C6H2ClN3O3. The van der Waals surface area contributed by atoms with Crippen molar-refractivity contribution >= 4 is 23.0 Å². The van der Waals surface area contributed by atoms with E-state index in [-0.39, 0.29) is 10.7 Å². The van der Waals surface area contributed by atoms with Crippen molar-refractivity contribution in [3.8, 4) is 5.75 Å². The molecular weight excluding hydrogens is 198 g/mol. The molecule has 0 heterocycles. The molecule has 0 bridgehead atoms. The third-order valence-electron chi connectivity index (χ3n) is 1.33. The summed E-state index contributed by atoms with van der Waals surface area (Å²) in [5.41, 5.74) is -0.824. The summed E-state index contributed by atoms with van der Waals surface area (Å²) < 4.78 is 0. The lowest BCUT2D eigenvalue weighted by molar-refractivity contribution is -0.385. The van der Waals surface area contributed by atoms with Gasteiger partial charge in [0.1, 0.15) is 5.02 Å². The van der Waals surface area contributed by atoms with Crippen molar-refractivity contribution in [2.45, 2.75) is 0 Å². The Morgan fingerprint density at radius 3 is 2.62 bits per heavy atom. The third-order valence-corrected chi connectivity index (χ3v) is 1.64. The largest absolute Gasteiger partial charge is 0.867 e. The van der Waals surface area contributed by atoms with Gasteiger partial charge >= 0.3 is 5.69 Å². The van der Waals surface area contributed by atoms with Gasteiger partial charge in [0.05, 0.1) is 11.0 Å². The monoisotopic (exact) mass is 199 g/mol. The SMILES string of the molecule is N#[N+]c1cc(Cl)c([N+](=O)[O-])cc1[O-]. The molecule has 1 aromatic carbocycles. The van der Waals surface area contributed by atoms with E-state index in [0.717, 1.165) is 6.07 Å². The number of benzene rings is 1. The van der Waals surface area contributed by atoms with Crippen molar-refractivity contribution in [1.29, 1.82) is 5.39 Å². The van der Waals surface area contributed by atoms with Gasteiger partial charge < -0.3 is 5.11 Å². The molecule has 0 N–H and O–H groups in total. The second-order valence-corrected chi connectivity index (χ2v) is 2.54. The minimum absolute atomic E-state index is 0.239. The Bertz CT molecular complexity index is 412. The van der Waals surface area contributed by atoms with Crippen molar-refractivity contribution in [3.63, 3.8) is 0 Å². The van der Waals surface area contributed by atoms with Gasteiger partial charge in [-0.1, -0.05) is 11.6 Å². The van der Waals surface area contributed by atoms with Crippen LogP contribution in [0.15, 0.2) is 12.1 Å². The maximum atomic E-state index is 10.9. The van der Waals surface area contributed by atoms with Gasteiger partial charge in [-0.3, -0.25) is 10.1 Å².